The van der Waals surface area contributed by atoms with E-state index in [0.717, 1.165) is 17.6 Å². The molecule has 2 aromatic carbocycles. The highest BCUT2D eigenvalue weighted by Gasteiger charge is 2.21. The smallest absolute Gasteiger partial charge is 0.307 e. The minimum Gasteiger partial charge on any atom is -0.481 e. The summed E-state index contributed by atoms with van der Waals surface area (Å²) in [5, 5.41) is 9.02. The van der Waals surface area contributed by atoms with Crippen LogP contribution in [-0.2, 0) is 11.2 Å². The van der Waals surface area contributed by atoms with Gasteiger partial charge in [0.05, 0.1) is 6.42 Å². The van der Waals surface area contributed by atoms with Gasteiger partial charge in [-0.2, -0.15) is 0 Å². The van der Waals surface area contributed by atoms with Gasteiger partial charge in [0.1, 0.15) is 0 Å². The van der Waals surface area contributed by atoms with Crippen LogP contribution in [0.1, 0.15) is 41.5 Å². The normalized spacial score (nSPS) is 14.4. The van der Waals surface area contributed by atoms with Gasteiger partial charge in [-0.25, -0.2) is 0 Å². The van der Waals surface area contributed by atoms with E-state index in [9.17, 15) is 4.79 Å². The van der Waals surface area contributed by atoms with Crippen molar-refractivity contribution in [2.75, 3.05) is 0 Å². The molecule has 0 spiro atoms. The Morgan fingerprint density at radius 2 is 1.90 bits per heavy atom. The van der Waals surface area contributed by atoms with Crippen molar-refractivity contribution in [2.24, 2.45) is 0 Å². The lowest BCUT2D eigenvalue weighted by atomic mass is 9.87. The molecule has 1 atom stereocenters. The Morgan fingerprint density at radius 3 is 2.62 bits per heavy atom. The van der Waals surface area contributed by atoms with Crippen LogP contribution < -0.4 is 0 Å². The van der Waals surface area contributed by atoms with Crippen LogP contribution in [0.3, 0.4) is 0 Å². The van der Waals surface area contributed by atoms with E-state index in [-0.39, 0.29) is 6.42 Å². The molecule has 0 heterocycles. The van der Waals surface area contributed by atoms with Crippen LogP contribution in [0.5, 0.6) is 0 Å². The number of aliphatic carboxylic acids is 1. The van der Waals surface area contributed by atoms with Gasteiger partial charge >= 0.3 is 5.97 Å². The number of carboxylic acids is 1. The zero-order valence-electron chi connectivity index (χ0n) is 12.0. The second kappa shape index (κ2) is 5.57. The van der Waals surface area contributed by atoms with Crippen molar-refractivity contribution in [1.29, 1.82) is 0 Å². The fourth-order valence-corrected chi connectivity index (χ4v) is 3.13. The second-order valence-corrected chi connectivity index (χ2v) is 5.51. The molecule has 0 amide bonds. The van der Waals surface area contributed by atoms with Gasteiger partial charge in [-0.15, -0.1) is 0 Å². The van der Waals surface area contributed by atoms with Crippen molar-refractivity contribution < 1.29 is 9.90 Å². The molecule has 2 nitrogen and oxygen atoms in total. The fourth-order valence-electron chi connectivity index (χ4n) is 3.13. The minimum absolute atomic E-state index is 0.107. The second-order valence-electron chi connectivity index (χ2n) is 5.51. The highest BCUT2D eigenvalue weighted by atomic mass is 16.4. The number of rotatable bonds is 4. The van der Waals surface area contributed by atoms with Crippen LogP contribution in [0.2, 0.25) is 0 Å². The van der Waals surface area contributed by atoms with Gasteiger partial charge in [0.2, 0.25) is 0 Å². The number of hydrogen-bond acceptors (Lipinski definition) is 1. The van der Waals surface area contributed by atoms with Crippen LogP contribution in [0.15, 0.2) is 54.6 Å². The van der Waals surface area contributed by atoms with E-state index in [1.54, 1.807) is 0 Å². The maximum atomic E-state index is 11.0. The Labute approximate surface area is 124 Å². The van der Waals surface area contributed by atoms with Crippen molar-refractivity contribution in [3.05, 3.63) is 76.9 Å². The summed E-state index contributed by atoms with van der Waals surface area (Å²) >= 11 is 0. The zero-order valence-corrected chi connectivity index (χ0v) is 12.0. The molecular weight excluding hydrogens is 260 g/mol. The Morgan fingerprint density at radius 1 is 1.14 bits per heavy atom. The third kappa shape index (κ3) is 2.62. The molecule has 0 saturated heterocycles. The van der Waals surface area contributed by atoms with Crippen LogP contribution in [0.4, 0.5) is 0 Å². The molecule has 0 aliphatic heterocycles. The molecule has 2 aromatic rings. The average molecular weight is 278 g/mol. The molecule has 0 fully saturated rings. The molecule has 106 valence electrons. The summed E-state index contributed by atoms with van der Waals surface area (Å²) < 4.78 is 0. The van der Waals surface area contributed by atoms with Gasteiger partial charge < -0.3 is 5.11 Å². The van der Waals surface area contributed by atoms with Crippen molar-refractivity contribution in [3.63, 3.8) is 0 Å². The monoisotopic (exact) mass is 278 g/mol. The molecule has 0 radical (unpaired) electrons. The summed E-state index contributed by atoms with van der Waals surface area (Å²) in [7, 11) is 0. The lowest BCUT2D eigenvalue weighted by Crippen LogP contribution is -2.02. The summed E-state index contributed by atoms with van der Waals surface area (Å²) in [6.07, 6.45) is 3.00. The maximum Gasteiger partial charge on any atom is 0.307 e. The van der Waals surface area contributed by atoms with Crippen LogP contribution in [0, 0.1) is 0 Å². The number of carbonyl (C=O) groups is 1. The first-order valence-electron chi connectivity index (χ1n) is 7.24. The fraction of sp³-hybridized carbons (Fsp3) is 0.211. The SMILES string of the molecule is CC(c1ccccc1)c1cccc2c1CC=C2CC(=O)O. The van der Waals surface area contributed by atoms with E-state index in [1.807, 2.05) is 18.2 Å². The van der Waals surface area contributed by atoms with Crippen molar-refractivity contribution in [2.45, 2.75) is 25.7 Å². The predicted molar refractivity (Wildman–Crippen MR) is 84.3 cm³/mol. The van der Waals surface area contributed by atoms with Crippen LogP contribution >= 0.6 is 0 Å². The van der Waals surface area contributed by atoms with Crippen LogP contribution in [-0.4, -0.2) is 11.1 Å². The predicted octanol–water partition coefficient (Wildman–Crippen LogP) is 4.25. The van der Waals surface area contributed by atoms with Crippen LogP contribution in [0.25, 0.3) is 5.57 Å². The molecule has 3 rings (SSSR count). The van der Waals surface area contributed by atoms with Crippen molar-refractivity contribution >= 4 is 11.5 Å². The summed E-state index contributed by atoms with van der Waals surface area (Å²) in [6, 6.07) is 16.7. The highest BCUT2D eigenvalue weighted by Crippen LogP contribution is 2.36. The first kappa shape index (κ1) is 13.6. The van der Waals surface area contributed by atoms with Gasteiger partial charge in [0.25, 0.3) is 0 Å². The third-order valence-corrected chi connectivity index (χ3v) is 4.22. The molecule has 2 heteroatoms. The van der Waals surface area contributed by atoms with Gasteiger partial charge in [-0.3, -0.25) is 4.79 Å². The van der Waals surface area contributed by atoms with Gasteiger partial charge in [0.15, 0.2) is 0 Å². The van der Waals surface area contributed by atoms with Crippen molar-refractivity contribution in [1.82, 2.24) is 0 Å². The number of carboxylic acid groups (broad SMARTS) is 1. The Bertz CT molecular complexity index is 699. The molecular formula is C19H18O2. The standard InChI is InChI=1S/C19H18O2/c1-13(14-6-3-2-4-7-14)16-8-5-9-17-15(12-19(20)21)10-11-18(16)17/h2-10,13H,11-12H2,1H3,(H,20,21). The molecule has 21 heavy (non-hydrogen) atoms. The first-order chi connectivity index (χ1) is 10.2. The average Bonchev–Trinajstić information content (AvgIpc) is 2.90. The van der Waals surface area contributed by atoms with E-state index in [0.29, 0.717) is 5.92 Å². The number of hydrogen-bond donors (Lipinski definition) is 1. The van der Waals surface area contributed by atoms with Crippen molar-refractivity contribution in [3.8, 4) is 0 Å². The summed E-state index contributed by atoms with van der Waals surface area (Å²) in [4.78, 5) is 11.0. The molecule has 0 aromatic heterocycles. The maximum absolute atomic E-state index is 11.0. The van der Waals surface area contributed by atoms with Gasteiger partial charge in [-0.1, -0.05) is 61.5 Å². The van der Waals surface area contributed by atoms with E-state index < -0.39 is 5.97 Å². The molecule has 0 bridgehead atoms. The Hall–Kier alpha value is -2.35. The molecule has 1 N–H and O–H groups in total. The molecule has 1 aliphatic carbocycles. The third-order valence-electron chi connectivity index (χ3n) is 4.22. The van der Waals surface area contributed by atoms with Gasteiger partial charge in [0, 0.05) is 5.92 Å². The van der Waals surface area contributed by atoms with E-state index in [1.165, 1.54) is 16.7 Å². The summed E-state index contributed by atoms with van der Waals surface area (Å²) in [5.41, 5.74) is 5.93. The van der Waals surface area contributed by atoms with E-state index >= 15 is 0 Å². The lowest BCUT2D eigenvalue weighted by Gasteiger charge is -2.17. The number of fused-ring (bicyclic) bond motifs is 1. The number of allylic oxidation sites excluding steroid dienone is 1. The quantitative estimate of drug-likeness (QED) is 0.907. The summed E-state index contributed by atoms with van der Waals surface area (Å²) in [5.74, 6) is -0.450. The molecule has 1 aliphatic rings. The zero-order chi connectivity index (χ0) is 14.8. The molecule has 0 saturated carbocycles. The Kier molecular flexibility index (Phi) is 3.61. The first-order valence-corrected chi connectivity index (χ1v) is 7.24. The minimum atomic E-state index is -0.768. The summed E-state index contributed by atoms with van der Waals surface area (Å²) in [6.45, 7) is 2.21. The molecule has 1 unspecified atom stereocenters. The number of benzene rings is 2. The topological polar surface area (TPSA) is 37.3 Å². The lowest BCUT2D eigenvalue weighted by molar-refractivity contribution is -0.135. The van der Waals surface area contributed by atoms with Gasteiger partial charge in [-0.05, 0) is 34.2 Å². The van der Waals surface area contributed by atoms with E-state index in [4.69, 9.17) is 5.11 Å². The Balaban J connectivity index is 1.97. The van der Waals surface area contributed by atoms with E-state index in [2.05, 4.69) is 43.3 Å². The highest BCUT2D eigenvalue weighted by molar-refractivity contribution is 5.87. The largest absolute Gasteiger partial charge is 0.481 e.